The zero-order valence-corrected chi connectivity index (χ0v) is 20.4. The first-order chi connectivity index (χ1) is 13.0. The highest BCUT2D eigenvalue weighted by atomic mass is 127. The predicted octanol–water partition coefficient (Wildman–Crippen LogP) is 2.90. The van der Waals surface area contributed by atoms with Gasteiger partial charge in [0.15, 0.2) is 5.96 Å². The number of piperidine rings is 2. The molecule has 2 unspecified atom stereocenters. The van der Waals surface area contributed by atoms with Gasteiger partial charge < -0.3 is 20.3 Å². The number of hydrogen-bond donors (Lipinski definition) is 2. The third-order valence-electron chi connectivity index (χ3n) is 5.53. The molecule has 0 aliphatic carbocycles. The van der Waals surface area contributed by atoms with Gasteiger partial charge in [0.1, 0.15) is 0 Å². The van der Waals surface area contributed by atoms with Crippen molar-refractivity contribution in [2.24, 2.45) is 10.9 Å². The molecule has 1 amide bonds. The number of rotatable bonds is 6. The molecule has 0 aromatic rings. The number of hydrogen-bond acceptors (Lipinski definition) is 4. The van der Waals surface area contributed by atoms with Gasteiger partial charge in [0.25, 0.3) is 0 Å². The van der Waals surface area contributed by atoms with Gasteiger partial charge in [-0.15, -0.1) is 24.0 Å². The van der Waals surface area contributed by atoms with E-state index >= 15 is 0 Å². The number of nitrogens with zero attached hydrogens (tertiary/aromatic N) is 3. The summed E-state index contributed by atoms with van der Waals surface area (Å²) < 4.78 is 5.09. The third-order valence-corrected chi connectivity index (χ3v) is 5.53. The van der Waals surface area contributed by atoms with Crippen LogP contribution < -0.4 is 10.6 Å². The molecule has 2 rings (SSSR count). The number of carbonyl (C=O) groups excluding carboxylic acids is 1. The van der Waals surface area contributed by atoms with Crippen molar-refractivity contribution in [1.82, 2.24) is 20.4 Å². The van der Waals surface area contributed by atoms with Crippen molar-refractivity contribution in [1.29, 1.82) is 0 Å². The maximum Gasteiger partial charge on any atom is 0.409 e. The fourth-order valence-corrected chi connectivity index (χ4v) is 3.90. The molecule has 164 valence electrons. The Morgan fingerprint density at radius 1 is 1.21 bits per heavy atom. The van der Waals surface area contributed by atoms with Crippen LogP contribution in [0.4, 0.5) is 4.79 Å². The lowest BCUT2D eigenvalue weighted by Gasteiger charge is -2.35. The van der Waals surface area contributed by atoms with Crippen molar-refractivity contribution >= 4 is 36.0 Å². The van der Waals surface area contributed by atoms with E-state index in [1.54, 1.807) is 4.90 Å². The summed E-state index contributed by atoms with van der Waals surface area (Å²) in [6, 6.07) is 0.813. The maximum absolute atomic E-state index is 11.8. The highest BCUT2D eigenvalue weighted by molar-refractivity contribution is 14.0. The lowest BCUT2D eigenvalue weighted by Crippen LogP contribution is -2.50. The largest absolute Gasteiger partial charge is 0.450 e. The van der Waals surface area contributed by atoms with E-state index in [9.17, 15) is 4.79 Å². The Morgan fingerprint density at radius 3 is 2.54 bits per heavy atom. The van der Waals surface area contributed by atoms with Gasteiger partial charge in [0, 0.05) is 38.3 Å². The molecule has 0 spiro atoms. The van der Waals surface area contributed by atoms with Gasteiger partial charge in [-0.2, -0.15) is 0 Å². The fraction of sp³-hybridized carbons (Fsp3) is 0.900. The van der Waals surface area contributed by atoms with Gasteiger partial charge in [-0.25, -0.2) is 4.79 Å². The molecule has 0 aromatic heterocycles. The highest BCUT2D eigenvalue weighted by Gasteiger charge is 2.24. The molecule has 0 aromatic carbocycles. The number of amides is 1. The first-order valence-corrected chi connectivity index (χ1v) is 10.7. The smallest absolute Gasteiger partial charge is 0.409 e. The topological polar surface area (TPSA) is 69.2 Å². The number of halogens is 1. The molecule has 0 saturated carbocycles. The van der Waals surface area contributed by atoms with Crippen LogP contribution in [0, 0.1) is 5.92 Å². The molecular weight excluding hydrogens is 469 g/mol. The average Bonchev–Trinajstić information content (AvgIpc) is 2.67. The Labute approximate surface area is 188 Å². The number of aliphatic imine (C=N–C) groups is 1. The van der Waals surface area contributed by atoms with E-state index in [0.717, 1.165) is 50.9 Å². The van der Waals surface area contributed by atoms with Crippen LogP contribution in [-0.4, -0.2) is 79.8 Å². The van der Waals surface area contributed by atoms with Gasteiger partial charge in [0.05, 0.1) is 13.2 Å². The molecule has 2 fully saturated rings. The first-order valence-electron chi connectivity index (χ1n) is 10.7. The molecular formula is C20H40IN5O2. The summed E-state index contributed by atoms with van der Waals surface area (Å²) in [5.74, 6) is 1.69. The Kier molecular flexibility index (Phi) is 12.1. The normalized spacial score (nSPS) is 22.9. The summed E-state index contributed by atoms with van der Waals surface area (Å²) in [5, 5.41) is 6.92. The molecule has 2 aliphatic rings. The van der Waals surface area contributed by atoms with Gasteiger partial charge in [-0.3, -0.25) is 9.89 Å². The number of nitrogens with one attached hydrogen (secondary N) is 2. The zero-order chi connectivity index (χ0) is 19.6. The number of guanidine groups is 1. The number of carbonyl (C=O) groups is 1. The zero-order valence-electron chi connectivity index (χ0n) is 18.1. The second-order valence-corrected chi connectivity index (χ2v) is 7.92. The molecule has 2 aliphatic heterocycles. The Balaban J connectivity index is 0.00000392. The predicted molar refractivity (Wildman–Crippen MR) is 126 cm³/mol. The minimum atomic E-state index is -0.193. The molecule has 0 bridgehead atoms. The van der Waals surface area contributed by atoms with E-state index in [4.69, 9.17) is 9.73 Å². The van der Waals surface area contributed by atoms with Crippen molar-refractivity contribution in [3.8, 4) is 0 Å². The SMILES string of the molecule is CCNC(=NCC(C)N1CCCC(C)C1)NC1CCN(C(=O)OCC)CC1.I. The van der Waals surface area contributed by atoms with Crippen molar-refractivity contribution in [2.75, 3.05) is 45.9 Å². The number of ether oxygens (including phenoxy) is 1. The summed E-state index contributed by atoms with van der Waals surface area (Å²) in [4.78, 5) is 21.0. The van der Waals surface area contributed by atoms with Crippen molar-refractivity contribution < 1.29 is 9.53 Å². The van der Waals surface area contributed by atoms with E-state index in [-0.39, 0.29) is 30.1 Å². The molecule has 2 atom stereocenters. The standard InChI is InChI=1S/C20H39N5O2.HI/c1-5-21-19(22-14-17(4)25-11-7-8-16(3)15-25)23-18-9-12-24(13-10-18)20(26)27-6-2;/h16-18H,5-15H2,1-4H3,(H2,21,22,23);1H. The van der Waals surface area contributed by atoms with Crippen LogP contribution in [0.2, 0.25) is 0 Å². The van der Waals surface area contributed by atoms with Crippen LogP contribution in [0.5, 0.6) is 0 Å². The molecule has 8 heteroatoms. The van der Waals surface area contributed by atoms with Crippen LogP contribution >= 0.6 is 24.0 Å². The van der Waals surface area contributed by atoms with Crippen LogP contribution in [0.3, 0.4) is 0 Å². The lowest BCUT2D eigenvalue weighted by atomic mass is 9.99. The summed E-state index contributed by atoms with van der Waals surface area (Å²) in [5.41, 5.74) is 0. The van der Waals surface area contributed by atoms with Gasteiger partial charge in [-0.05, 0) is 58.9 Å². The fourth-order valence-electron chi connectivity index (χ4n) is 3.90. The Bertz CT molecular complexity index is 483. The van der Waals surface area contributed by atoms with Gasteiger partial charge in [0.2, 0.25) is 0 Å². The van der Waals surface area contributed by atoms with Crippen LogP contribution in [0.1, 0.15) is 53.4 Å². The monoisotopic (exact) mass is 509 g/mol. The summed E-state index contributed by atoms with van der Waals surface area (Å²) in [6.07, 6.45) is 4.29. The Morgan fingerprint density at radius 2 is 1.93 bits per heavy atom. The van der Waals surface area contributed by atoms with Crippen LogP contribution in [0.15, 0.2) is 4.99 Å². The van der Waals surface area contributed by atoms with E-state index in [1.165, 1.54) is 25.9 Å². The van der Waals surface area contributed by atoms with E-state index in [1.807, 2.05) is 6.92 Å². The minimum absolute atomic E-state index is 0. The lowest BCUT2D eigenvalue weighted by molar-refractivity contribution is 0.0963. The molecule has 28 heavy (non-hydrogen) atoms. The van der Waals surface area contributed by atoms with Gasteiger partial charge in [-0.1, -0.05) is 6.92 Å². The second-order valence-electron chi connectivity index (χ2n) is 7.92. The minimum Gasteiger partial charge on any atom is -0.450 e. The van der Waals surface area contributed by atoms with Gasteiger partial charge >= 0.3 is 6.09 Å². The molecule has 2 N–H and O–H groups in total. The quantitative estimate of drug-likeness (QED) is 0.328. The van der Waals surface area contributed by atoms with Crippen molar-refractivity contribution in [2.45, 2.75) is 65.5 Å². The molecule has 7 nitrogen and oxygen atoms in total. The molecule has 2 saturated heterocycles. The maximum atomic E-state index is 11.8. The summed E-state index contributed by atoms with van der Waals surface area (Å²) in [6.45, 7) is 14.5. The summed E-state index contributed by atoms with van der Waals surface area (Å²) >= 11 is 0. The number of likely N-dealkylation sites (tertiary alicyclic amines) is 2. The second kappa shape index (κ2) is 13.5. The van der Waals surface area contributed by atoms with Crippen LogP contribution in [-0.2, 0) is 4.74 Å². The van der Waals surface area contributed by atoms with Crippen molar-refractivity contribution in [3.05, 3.63) is 0 Å². The third kappa shape index (κ3) is 8.31. The van der Waals surface area contributed by atoms with E-state index < -0.39 is 0 Å². The molecule has 0 radical (unpaired) electrons. The summed E-state index contributed by atoms with van der Waals surface area (Å²) in [7, 11) is 0. The van der Waals surface area contributed by atoms with Crippen LogP contribution in [0.25, 0.3) is 0 Å². The highest BCUT2D eigenvalue weighted by Crippen LogP contribution is 2.17. The Hall–Kier alpha value is -0.770. The van der Waals surface area contributed by atoms with E-state index in [2.05, 4.69) is 36.3 Å². The first kappa shape index (κ1) is 25.3. The molecule has 2 heterocycles. The van der Waals surface area contributed by atoms with E-state index in [0.29, 0.717) is 18.7 Å². The van der Waals surface area contributed by atoms with Crippen molar-refractivity contribution in [3.63, 3.8) is 0 Å². The average molecular weight is 509 g/mol.